The van der Waals surface area contributed by atoms with Crippen LogP contribution in [0.1, 0.15) is 10.5 Å². The molecular formula is C18H14ClN3O3S. The predicted octanol–water partition coefficient (Wildman–Crippen LogP) is 4.89. The van der Waals surface area contributed by atoms with E-state index < -0.39 is 6.09 Å². The Balaban J connectivity index is 1.66. The third kappa shape index (κ3) is 4.38. The van der Waals surface area contributed by atoms with E-state index in [1.54, 1.807) is 41.8 Å². The molecule has 1 heterocycles. The van der Waals surface area contributed by atoms with Crippen LogP contribution in [0, 0.1) is 0 Å². The molecular weight excluding hydrogens is 374 g/mol. The van der Waals surface area contributed by atoms with Gasteiger partial charge < -0.3 is 10.1 Å². The van der Waals surface area contributed by atoms with Crippen molar-refractivity contribution in [1.29, 1.82) is 0 Å². The molecule has 0 atom stereocenters. The van der Waals surface area contributed by atoms with E-state index in [1.165, 1.54) is 18.4 Å². The first-order chi connectivity index (χ1) is 12.5. The van der Waals surface area contributed by atoms with Crippen molar-refractivity contribution in [3.63, 3.8) is 0 Å². The lowest BCUT2D eigenvalue weighted by Crippen LogP contribution is -2.13. The number of carbonyl (C=O) groups excluding carboxylic acids is 2. The van der Waals surface area contributed by atoms with Gasteiger partial charge in [0.05, 0.1) is 7.11 Å². The van der Waals surface area contributed by atoms with Gasteiger partial charge in [0.1, 0.15) is 10.7 Å². The first kappa shape index (κ1) is 17.9. The topological polar surface area (TPSA) is 80.3 Å². The van der Waals surface area contributed by atoms with Crippen LogP contribution in [0.3, 0.4) is 0 Å². The molecule has 2 amide bonds. The number of amides is 2. The van der Waals surface area contributed by atoms with Gasteiger partial charge in [0.15, 0.2) is 0 Å². The number of halogens is 1. The van der Waals surface area contributed by atoms with E-state index in [-0.39, 0.29) is 5.91 Å². The highest BCUT2D eigenvalue weighted by atomic mass is 35.5. The first-order valence-electron chi connectivity index (χ1n) is 7.53. The van der Waals surface area contributed by atoms with E-state index >= 15 is 0 Å². The highest BCUT2D eigenvalue weighted by molar-refractivity contribution is 7.13. The summed E-state index contributed by atoms with van der Waals surface area (Å²) in [6.07, 6.45) is -0.556. The Bertz CT molecular complexity index is 924. The quantitative estimate of drug-likeness (QED) is 0.667. The summed E-state index contributed by atoms with van der Waals surface area (Å²) < 4.78 is 4.52. The molecule has 2 N–H and O–H groups in total. The summed E-state index contributed by atoms with van der Waals surface area (Å²) in [5.74, 6) is -0.310. The van der Waals surface area contributed by atoms with Gasteiger partial charge in [-0.25, -0.2) is 9.78 Å². The third-order valence-electron chi connectivity index (χ3n) is 3.40. The van der Waals surface area contributed by atoms with Gasteiger partial charge in [0, 0.05) is 27.3 Å². The van der Waals surface area contributed by atoms with Crippen molar-refractivity contribution in [1.82, 2.24) is 4.98 Å². The SMILES string of the molecule is COC(=O)Nc1ccc(NC(=O)c2csc(-c3ccc(Cl)cc3)n2)cc1. The maximum atomic E-state index is 12.3. The second kappa shape index (κ2) is 7.99. The summed E-state index contributed by atoms with van der Waals surface area (Å²) >= 11 is 7.26. The fourth-order valence-corrected chi connectivity index (χ4v) is 3.04. The van der Waals surface area contributed by atoms with Crippen molar-refractivity contribution < 1.29 is 14.3 Å². The number of nitrogens with one attached hydrogen (secondary N) is 2. The van der Waals surface area contributed by atoms with E-state index in [4.69, 9.17) is 11.6 Å². The minimum absolute atomic E-state index is 0.310. The van der Waals surface area contributed by atoms with Crippen molar-refractivity contribution >= 4 is 46.3 Å². The summed E-state index contributed by atoms with van der Waals surface area (Å²) in [5.41, 5.74) is 2.38. The molecule has 0 aliphatic rings. The van der Waals surface area contributed by atoms with Crippen molar-refractivity contribution in [3.8, 4) is 10.6 Å². The van der Waals surface area contributed by atoms with Gasteiger partial charge in [-0.3, -0.25) is 10.1 Å². The van der Waals surface area contributed by atoms with Crippen LogP contribution in [0.5, 0.6) is 0 Å². The van der Waals surface area contributed by atoms with Gasteiger partial charge in [0.25, 0.3) is 5.91 Å². The van der Waals surface area contributed by atoms with Crippen molar-refractivity contribution in [3.05, 3.63) is 64.6 Å². The molecule has 26 heavy (non-hydrogen) atoms. The number of rotatable bonds is 4. The van der Waals surface area contributed by atoms with Crippen LogP contribution >= 0.6 is 22.9 Å². The number of benzene rings is 2. The normalized spacial score (nSPS) is 10.2. The second-order valence-corrected chi connectivity index (χ2v) is 6.49. The molecule has 0 fully saturated rings. The van der Waals surface area contributed by atoms with E-state index in [0.29, 0.717) is 22.1 Å². The molecule has 0 spiro atoms. The highest BCUT2D eigenvalue weighted by Gasteiger charge is 2.12. The van der Waals surface area contributed by atoms with Crippen molar-refractivity contribution in [2.24, 2.45) is 0 Å². The molecule has 0 aliphatic carbocycles. The Morgan fingerprint density at radius 3 is 2.23 bits per heavy atom. The van der Waals surface area contributed by atoms with Crippen LogP contribution in [-0.2, 0) is 4.74 Å². The molecule has 0 aliphatic heterocycles. The maximum absolute atomic E-state index is 12.3. The predicted molar refractivity (Wildman–Crippen MR) is 103 cm³/mol. The van der Waals surface area contributed by atoms with Crippen LogP contribution < -0.4 is 10.6 Å². The Morgan fingerprint density at radius 1 is 1.00 bits per heavy atom. The summed E-state index contributed by atoms with van der Waals surface area (Å²) in [5, 5.41) is 8.39. The molecule has 8 heteroatoms. The Morgan fingerprint density at radius 2 is 1.62 bits per heavy atom. The fraction of sp³-hybridized carbons (Fsp3) is 0.0556. The number of anilines is 2. The smallest absolute Gasteiger partial charge is 0.411 e. The second-order valence-electron chi connectivity index (χ2n) is 5.19. The molecule has 0 bridgehead atoms. The molecule has 0 saturated carbocycles. The van der Waals surface area contributed by atoms with Crippen LogP contribution in [-0.4, -0.2) is 24.1 Å². The fourth-order valence-electron chi connectivity index (χ4n) is 2.10. The van der Waals surface area contributed by atoms with Crippen molar-refractivity contribution in [2.45, 2.75) is 0 Å². The van der Waals surface area contributed by atoms with Gasteiger partial charge in [-0.2, -0.15) is 0 Å². The number of thiazole rings is 1. The van der Waals surface area contributed by atoms with Crippen LogP contribution in [0.15, 0.2) is 53.9 Å². The maximum Gasteiger partial charge on any atom is 0.411 e. The zero-order valence-corrected chi connectivity index (χ0v) is 15.2. The van der Waals surface area contributed by atoms with Crippen LogP contribution in [0.25, 0.3) is 10.6 Å². The standard InChI is InChI=1S/C18H14ClN3O3S/c1-25-18(24)21-14-8-6-13(7-9-14)20-16(23)15-10-26-17(22-15)11-2-4-12(19)5-3-11/h2-10H,1H3,(H,20,23)(H,21,24). The van der Waals surface area contributed by atoms with Gasteiger partial charge in [-0.15, -0.1) is 11.3 Å². The largest absolute Gasteiger partial charge is 0.453 e. The van der Waals surface area contributed by atoms with E-state index in [0.717, 1.165) is 10.6 Å². The Hall–Kier alpha value is -2.90. The molecule has 0 saturated heterocycles. The lowest BCUT2D eigenvalue weighted by molar-refractivity contribution is 0.102. The number of hydrogen-bond donors (Lipinski definition) is 2. The van der Waals surface area contributed by atoms with Gasteiger partial charge >= 0.3 is 6.09 Å². The number of ether oxygens (including phenoxy) is 1. The zero-order chi connectivity index (χ0) is 18.5. The lowest BCUT2D eigenvalue weighted by atomic mass is 10.2. The third-order valence-corrected chi connectivity index (χ3v) is 4.55. The number of nitrogens with zero attached hydrogens (tertiary/aromatic N) is 1. The molecule has 1 aromatic heterocycles. The molecule has 2 aromatic carbocycles. The summed E-state index contributed by atoms with van der Waals surface area (Å²) in [6.45, 7) is 0. The summed E-state index contributed by atoms with van der Waals surface area (Å²) in [4.78, 5) is 27.9. The molecule has 132 valence electrons. The first-order valence-corrected chi connectivity index (χ1v) is 8.79. The minimum Gasteiger partial charge on any atom is -0.453 e. The number of aromatic nitrogens is 1. The molecule has 0 unspecified atom stereocenters. The number of hydrogen-bond acceptors (Lipinski definition) is 5. The average Bonchev–Trinajstić information content (AvgIpc) is 3.14. The van der Waals surface area contributed by atoms with Gasteiger partial charge in [-0.05, 0) is 36.4 Å². The van der Waals surface area contributed by atoms with Crippen LogP contribution in [0.4, 0.5) is 16.2 Å². The van der Waals surface area contributed by atoms with E-state index in [1.807, 2.05) is 12.1 Å². The Kier molecular flexibility index (Phi) is 5.50. The Labute approximate surface area is 158 Å². The summed E-state index contributed by atoms with van der Waals surface area (Å²) in [7, 11) is 1.29. The highest BCUT2D eigenvalue weighted by Crippen LogP contribution is 2.25. The van der Waals surface area contributed by atoms with E-state index in [9.17, 15) is 9.59 Å². The molecule has 3 rings (SSSR count). The molecule has 3 aromatic rings. The van der Waals surface area contributed by atoms with Gasteiger partial charge in [0.2, 0.25) is 0 Å². The lowest BCUT2D eigenvalue weighted by Gasteiger charge is -2.06. The van der Waals surface area contributed by atoms with Gasteiger partial charge in [-0.1, -0.05) is 23.7 Å². The minimum atomic E-state index is -0.556. The van der Waals surface area contributed by atoms with E-state index in [2.05, 4.69) is 20.4 Å². The van der Waals surface area contributed by atoms with Crippen LogP contribution in [0.2, 0.25) is 5.02 Å². The summed E-state index contributed by atoms with van der Waals surface area (Å²) in [6, 6.07) is 13.9. The molecule has 6 nitrogen and oxygen atoms in total. The monoisotopic (exact) mass is 387 g/mol. The number of methoxy groups -OCH3 is 1. The van der Waals surface area contributed by atoms with Crippen molar-refractivity contribution in [2.75, 3.05) is 17.7 Å². The number of carbonyl (C=O) groups is 2. The average molecular weight is 388 g/mol. The molecule has 0 radical (unpaired) electrons. The zero-order valence-electron chi connectivity index (χ0n) is 13.7.